The van der Waals surface area contributed by atoms with Gasteiger partial charge in [-0.25, -0.2) is 9.78 Å². The van der Waals surface area contributed by atoms with Gasteiger partial charge in [0, 0.05) is 29.3 Å². The van der Waals surface area contributed by atoms with Gasteiger partial charge in [0.25, 0.3) is 0 Å². The highest BCUT2D eigenvalue weighted by molar-refractivity contribution is 7.98. The van der Waals surface area contributed by atoms with Crippen molar-refractivity contribution in [3.05, 3.63) is 81.5 Å². The molecule has 1 fully saturated rings. The number of aliphatic imine (C=N–C) groups is 1. The van der Waals surface area contributed by atoms with Crippen molar-refractivity contribution in [2.45, 2.75) is 24.2 Å². The average molecular weight is 586 g/mol. The van der Waals surface area contributed by atoms with Crippen molar-refractivity contribution in [2.24, 2.45) is 4.99 Å². The molecule has 0 spiro atoms. The molecule has 0 unspecified atom stereocenters. The minimum atomic E-state index is -0.550. The quantitative estimate of drug-likeness (QED) is 0.323. The fourth-order valence-corrected chi connectivity index (χ4v) is 5.24. The molecule has 2 aliphatic rings. The lowest BCUT2D eigenvalue weighted by atomic mass is 9.94. The number of amidine groups is 1. The van der Waals surface area contributed by atoms with Crippen molar-refractivity contribution >= 4 is 52.7 Å². The van der Waals surface area contributed by atoms with E-state index in [1.807, 2.05) is 37.4 Å². The van der Waals surface area contributed by atoms with Crippen LogP contribution in [-0.2, 0) is 4.79 Å². The van der Waals surface area contributed by atoms with Crippen LogP contribution in [0.5, 0.6) is 5.88 Å². The van der Waals surface area contributed by atoms with Gasteiger partial charge in [0.1, 0.15) is 18.4 Å². The van der Waals surface area contributed by atoms with E-state index in [-0.39, 0.29) is 18.5 Å². The van der Waals surface area contributed by atoms with Crippen molar-refractivity contribution in [1.29, 1.82) is 0 Å². The van der Waals surface area contributed by atoms with Crippen LogP contribution < -0.4 is 10.1 Å². The normalized spacial score (nSPS) is 19.1. The molecular formula is C27H26Cl2N6O3S. The first-order valence-electron chi connectivity index (χ1n) is 12.4. The van der Waals surface area contributed by atoms with Crippen molar-refractivity contribution < 1.29 is 14.3 Å². The number of nitrogens with one attached hydrogen (secondary N) is 1. The molecule has 2 atom stereocenters. The number of benzene rings is 2. The van der Waals surface area contributed by atoms with E-state index in [2.05, 4.69) is 15.3 Å². The molecular weight excluding hydrogens is 559 g/mol. The second-order valence-corrected chi connectivity index (χ2v) is 10.5. The van der Waals surface area contributed by atoms with E-state index >= 15 is 0 Å². The number of rotatable bonds is 6. The van der Waals surface area contributed by atoms with Gasteiger partial charge in [-0.3, -0.25) is 14.7 Å². The summed E-state index contributed by atoms with van der Waals surface area (Å²) < 4.78 is 5.90. The van der Waals surface area contributed by atoms with Crippen LogP contribution in [-0.4, -0.2) is 70.0 Å². The number of carbonyl (C=O) groups is 2. The number of ether oxygens (including phenoxy) is 1. The number of aromatic nitrogens is 2. The number of thioether (sulfide) groups is 1. The zero-order valence-electron chi connectivity index (χ0n) is 21.3. The van der Waals surface area contributed by atoms with Crippen molar-refractivity contribution in [1.82, 2.24) is 25.1 Å². The Morgan fingerprint density at radius 2 is 1.77 bits per heavy atom. The SMILES string of the molecule is CCOc1nc(SC)ncc1C1=N[C@H](c2ccc(Cl)cc2)[C@H](c2ccc(Cl)cc2)N1C(=O)N1CCNC(=O)C1. The van der Waals surface area contributed by atoms with E-state index in [4.69, 9.17) is 32.9 Å². The van der Waals surface area contributed by atoms with E-state index in [9.17, 15) is 9.59 Å². The monoisotopic (exact) mass is 584 g/mol. The van der Waals surface area contributed by atoms with Crippen LogP contribution in [0, 0.1) is 0 Å². The maximum atomic E-state index is 14.3. The molecule has 3 aromatic rings. The summed E-state index contributed by atoms with van der Waals surface area (Å²) in [6.45, 7) is 2.91. The number of hydrogen-bond acceptors (Lipinski definition) is 7. The summed E-state index contributed by atoms with van der Waals surface area (Å²) in [6, 6.07) is 13.3. The molecule has 0 saturated carbocycles. The standard InChI is InChI=1S/C27H26Cl2N6O3S/c1-3-38-25-20(14-31-26(33-25)39-2)24-32-22(16-4-8-18(28)9-5-16)23(17-6-10-19(29)11-7-17)35(24)27(37)34-13-12-30-21(36)15-34/h4-11,14,22-23H,3,12-13,15H2,1-2H3,(H,30,36)/t22-,23+/m1/s1. The largest absolute Gasteiger partial charge is 0.477 e. The molecule has 1 N–H and O–H groups in total. The fourth-order valence-electron chi connectivity index (χ4n) is 4.66. The topological polar surface area (TPSA) is 100 Å². The summed E-state index contributed by atoms with van der Waals surface area (Å²) in [6.07, 6.45) is 3.51. The number of carbonyl (C=O) groups excluding carboxylic acids is 2. The molecule has 0 radical (unpaired) electrons. The van der Waals surface area contributed by atoms with Crippen molar-refractivity contribution in [2.75, 3.05) is 32.5 Å². The number of piperazine rings is 1. The Morgan fingerprint density at radius 3 is 2.38 bits per heavy atom. The number of halogens is 2. The fraction of sp³-hybridized carbons (Fsp3) is 0.296. The lowest BCUT2D eigenvalue weighted by molar-refractivity contribution is -0.123. The molecule has 12 heteroatoms. The minimum absolute atomic E-state index is 0.0538. The third-order valence-electron chi connectivity index (χ3n) is 6.44. The van der Waals surface area contributed by atoms with Gasteiger partial charge in [-0.2, -0.15) is 4.98 Å². The summed E-state index contributed by atoms with van der Waals surface area (Å²) in [5.41, 5.74) is 2.18. The highest BCUT2D eigenvalue weighted by atomic mass is 35.5. The van der Waals surface area contributed by atoms with Crippen LogP contribution in [0.1, 0.15) is 35.7 Å². The summed E-state index contributed by atoms with van der Waals surface area (Å²) >= 11 is 13.8. The maximum Gasteiger partial charge on any atom is 0.326 e. The van der Waals surface area contributed by atoms with Crippen LogP contribution in [0.25, 0.3) is 0 Å². The number of amides is 3. The Labute approximate surface area is 240 Å². The molecule has 2 aliphatic heterocycles. The molecule has 1 saturated heterocycles. The molecule has 0 bridgehead atoms. The molecule has 1 aromatic heterocycles. The second kappa shape index (κ2) is 11.8. The number of nitrogens with zero attached hydrogens (tertiary/aromatic N) is 5. The Morgan fingerprint density at radius 1 is 1.10 bits per heavy atom. The van der Waals surface area contributed by atoms with E-state index in [1.165, 1.54) is 16.7 Å². The first kappa shape index (κ1) is 27.2. The zero-order valence-corrected chi connectivity index (χ0v) is 23.6. The molecule has 3 amide bonds. The van der Waals surface area contributed by atoms with Crippen LogP contribution in [0.3, 0.4) is 0 Å². The summed E-state index contributed by atoms with van der Waals surface area (Å²) in [5.74, 6) is 0.477. The highest BCUT2D eigenvalue weighted by Gasteiger charge is 2.45. The van der Waals surface area contributed by atoms with Gasteiger partial charge in [0.15, 0.2) is 5.16 Å². The first-order chi connectivity index (χ1) is 18.9. The zero-order chi connectivity index (χ0) is 27.5. The summed E-state index contributed by atoms with van der Waals surface area (Å²) in [7, 11) is 0. The van der Waals surface area contributed by atoms with Gasteiger partial charge in [-0.15, -0.1) is 0 Å². The minimum Gasteiger partial charge on any atom is -0.477 e. The Balaban J connectivity index is 1.70. The van der Waals surface area contributed by atoms with Crippen LogP contribution in [0.4, 0.5) is 4.79 Å². The smallest absolute Gasteiger partial charge is 0.326 e. The van der Waals surface area contributed by atoms with Crippen LogP contribution in [0.2, 0.25) is 10.0 Å². The van der Waals surface area contributed by atoms with Crippen LogP contribution in [0.15, 0.2) is 64.9 Å². The van der Waals surface area contributed by atoms with Crippen LogP contribution >= 0.6 is 35.0 Å². The van der Waals surface area contributed by atoms with Gasteiger partial charge in [-0.05, 0) is 48.6 Å². The summed E-state index contributed by atoms with van der Waals surface area (Å²) in [5, 5.41) is 4.48. The van der Waals surface area contributed by atoms with Gasteiger partial charge in [-0.1, -0.05) is 59.2 Å². The van der Waals surface area contributed by atoms with Crippen molar-refractivity contribution in [3.8, 4) is 5.88 Å². The lowest BCUT2D eigenvalue weighted by Gasteiger charge is -2.35. The van der Waals surface area contributed by atoms with Crippen molar-refractivity contribution in [3.63, 3.8) is 0 Å². The molecule has 0 aliphatic carbocycles. The van der Waals surface area contributed by atoms with E-state index in [1.54, 1.807) is 35.4 Å². The van der Waals surface area contributed by atoms with E-state index < -0.39 is 12.1 Å². The summed E-state index contributed by atoms with van der Waals surface area (Å²) in [4.78, 5) is 43.8. The third-order valence-corrected chi connectivity index (χ3v) is 7.51. The Kier molecular flexibility index (Phi) is 8.25. The molecule has 3 heterocycles. The van der Waals surface area contributed by atoms with E-state index in [0.29, 0.717) is 52.2 Å². The third kappa shape index (κ3) is 5.68. The molecule has 5 rings (SSSR count). The second-order valence-electron chi connectivity index (χ2n) is 8.88. The predicted octanol–water partition coefficient (Wildman–Crippen LogP) is 5.00. The Hall–Kier alpha value is -3.34. The maximum absolute atomic E-state index is 14.3. The number of hydrogen-bond donors (Lipinski definition) is 1. The molecule has 9 nitrogen and oxygen atoms in total. The lowest BCUT2D eigenvalue weighted by Crippen LogP contribution is -2.55. The Bertz CT molecular complexity index is 1400. The van der Waals surface area contributed by atoms with Gasteiger partial charge in [0.2, 0.25) is 11.8 Å². The predicted molar refractivity (Wildman–Crippen MR) is 152 cm³/mol. The first-order valence-corrected chi connectivity index (χ1v) is 14.4. The molecule has 2 aromatic carbocycles. The van der Waals surface area contributed by atoms with E-state index in [0.717, 1.165) is 11.1 Å². The van der Waals surface area contributed by atoms with Gasteiger partial charge >= 0.3 is 6.03 Å². The highest BCUT2D eigenvalue weighted by Crippen LogP contribution is 2.45. The van der Waals surface area contributed by atoms with Gasteiger partial charge < -0.3 is 15.0 Å². The molecule has 39 heavy (non-hydrogen) atoms. The average Bonchev–Trinajstić information content (AvgIpc) is 3.34. The number of urea groups is 1. The van der Waals surface area contributed by atoms with Gasteiger partial charge in [0.05, 0.1) is 18.2 Å². The molecule has 202 valence electrons.